The molecule has 2 aliphatic heterocycles. The van der Waals surface area contributed by atoms with Gasteiger partial charge in [0.2, 0.25) is 6.79 Å². The number of anilines is 2. The van der Waals surface area contributed by atoms with Crippen molar-refractivity contribution < 1.29 is 23.5 Å². The first kappa shape index (κ1) is 21.5. The summed E-state index contributed by atoms with van der Waals surface area (Å²) in [5, 5.41) is 3.12. The van der Waals surface area contributed by atoms with E-state index in [4.69, 9.17) is 9.47 Å². The zero-order valence-electron chi connectivity index (χ0n) is 18.7. The molecule has 3 aromatic carbocycles. The molecule has 5 rings (SSSR count). The van der Waals surface area contributed by atoms with E-state index in [0.29, 0.717) is 22.7 Å². The van der Waals surface area contributed by atoms with Gasteiger partial charge in [0.1, 0.15) is 11.5 Å². The fourth-order valence-corrected chi connectivity index (χ4v) is 3.93. The van der Waals surface area contributed by atoms with E-state index in [9.17, 15) is 14.0 Å². The molecule has 0 unspecified atom stereocenters. The van der Waals surface area contributed by atoms with Crippen molar-refractivity contribution in [1.29, 1.82) is 0 Å². The van der Waals surface area contributed by atoms with E-state index >= 15 is 0 Å². The summed E-state index contributed by atoms with van der Waals surface area (Å²) in [5.41, 5.74) is 3.18. The predicted molar refractivity (Wildman–Crippen MR) is 126 cm³/mol. The number of halogens is 1. The summed E-state index contributed by atoms with van der Waals surface area (Å²) in [6.07, 6.45) is 0. The number of fused-ring (bicyclic) bond motifs is 1. The van der Waals surface area contributed by atoms with Gasteiger partial charge in [-0.2, -0.15) is 0 Å². The molecule has 34 heavy (non-hydrogen) atoms. The lowest BCUT2D eigenvalue weighted by atomic mass is 10.0. The first-order chi connectivity index (χ1) is 16.4. The molecule has 0 saturated carbocycles. The van der Waals surface area contributed by atoms with Gasteiger partial charge in [-0.3, -0.25) is 14.5 Å². The summed E-state index contributed by atoms with van der Waals surface area (Å²) in [6.45, 7) is 0.195. The zero-order valence-corrected chi connectivity index (χ0v) is 18.7. The Hall–Kier alpha value is -4.33. The number of imide groups is 1. The van der Waals surface area contributed by atoms with Gasteiger partial charge in [0, 0.05) is 25.5 Å². The van der Waals surface area contributed by atoms with E-state index in [-0.39, 0.29) is 24.6 Å². The average molecular weight is 459 g/mol. The Morgan fingerprint density at radius 1 is 0.912 bits per heavy atom. The third kappa shape index (κ3) is 3.94. The number of carbonyl (C=O) groups is 2. The molecule has 0 fully saturated rings. The van der Waals surface area contributed by atoms with Crippen LogP contribution in [-0.2, 0) is 16.1 Å². The largest absolute Gasteiger partial charge is 0.454 e. The number of nitrogens with zero attached hydrogens (tertiary/aromatic N) is 2. The van der Waals surface area contributed by atoms with Gasteiger partial charge in [0.15, 0.2) is 11.5 Å². The number of benzene rings is 3. The molecular weight excluding hydrogens is 437 g/mol. The molecule has 0 spiro atoms. The van der Waals surface area contributed by atoms with Crippen LogP contribution in [0.5, 0.6) is 11.5 Å². The van der Waals surface area contributed by atoms with Crippen LogP contribution in [0.15, 0.2) is 72.4 Å². The third-order valence-corrected chi connectivity index (χ3v) is 5.73. The number of ether oxygens (including phenoxy) is 2. The Morgan fingerprint density at radius 3 is 2.32 bits per heavy atom. The molecular formula is C26H22FN3O4. The lowest BCUT2D eigenvalue weighted by Gasteiger charge is -2.16. The number of carbonyl (C=O) groups excluding carboxylic acids is 2. The van der Waals surface area contributed by atoms with Crippen molar-refractivity contribution in [2.24, 2.45) is 0 Å². The molecule has 3 aromatic rings. The molecule has 0 atom stereocenters. The highest BCUT2D eigenvalue weighted by Crippen LogP contribution is 2.35. The highest BCUT2D eigenvalue weighted by Gasteiger charge is 2.39. The van der Waals surface area contributed by atoms with Crippen molar-refractivity contribution in [1.82, 2.24) is 4.90 Å². The van der Waals surface area contributed by atoms with Gasteiger partial charge in [-0.1, -0.05) is 18.2 Å². The second-order valence-corrected chi connectivity index (χ2v) is 8.21. The van der Waals surface area contributed by atoms with Crippen molar-refractivity contribution in [2.75, 3.05) is 31.1 Å². The second kappa shape index (κ2) is 8.55. The maximum atomic E-state index is 13.5. The van der Waals surface area contributed by atoms with Gasteiger partial charge >= 0.3 is 0 Å². The number of hydrogen-bond donors (Lipinski definition) is 1. The smallest absolute Gasteiger partial charge is 0.278 e. The molecule has 0 radical (unpaired) electrons. The van der Waals surface area contributed by atoms with Gasteiger partial charge in [-0.05, 0) is 59.7 Å². The van der Waals surface area contributed by atoms with Crippen molar-refractivity contribution in [3.63, 3.8) is 0 Å². The minimum atomic E-state index is -0.460. The van der Waals surface area contributed by atoms with Crippen molar-refractivity contribution in [3.8, 4) is 11.5 Å². The second-order valence-electron chi connectivity index (χ2n) is 8.21. The van der Waals surface area contributed by atoms with Gasteiger partial charge in [-0.15, -0.1) is 0 Å². The summed E-state index contributed by atoms with van der Waals surface area (Å²) < 4.78 is 24.3. The Bertz CT molecular complexity index is 1300. The summed E-state index contributed by atoms with van der Waals surface area (Å²) in [5.74, 6) is -0.147. The van der Waals surface area contributed by atoms with Crippen LogP contribution in [0.25, 0.3) is 5.57 Å². The summed E-state index contributed by atoms with van der Waals surface area (Å²) in [7, 11) is 3.87. The Morgan fingerprint density at radius 2 is 1.62 bits per heavy atom. The van der Waals surface area contributed by atoms with E-state index in [1.165, 1.54) is 29.2 Å². The van der Waals surface area contributed by atoms with Gasteiger partial charge < -0.3 is 19.7 Å². The van der Waals surface area contributed by atoms with Crippen LogP contribution in [0.1, 0.15) is 11.1 Å². The minimum Gasteiger partial charge on any atom is -0.454 e. The van der Waals surface area contributed by atoms with Crippen molar-refractivity contribution >= 4 is 28.8 Å². The van der Waals surface area contributed by atoms with Gasteiger partial charge in [0.05, 0.1) is 12.1 Å². The van der Waals surface area contributed by atoms with Crippen molar-refractivity contribution in [2.45, 2.75) is 6.54 Å². The van der Waals surface area contributed by atoms with Crippen LogP contribution in [0.3, 0.4) is 0 Å². The summed E-state index contributed by atoms with van der Waals surface area (Å²) in [4.78, 5) is 30.0. The molecule has 0 saturated heterocycles. The molecule has 0 aromatic heterocycles. The first-order valence-corrected chi connectivity index (χ1v) is 10.7. The fraction of sp³-hybridized carbons (Fsp3) is 0.154. The van der Waals surface area contributed by atoms with E-state index in [1.807, 2.05) is 43.3 Å². The molecule has 8 heteroatoms. The maximum Gasteiger partial charge on any atom is 0.278 e. The Kier molecular flexibility index (Phi) is 5.41. The average Bonchev–Trinajstić information content (AvgIpc) is 3.38. The predicted octanol–water partition coefficient (Wildman–Crippen LogP) is 4.01. The lowest BCUT2D eigenvalue weighted by molar-refractivity contribution is -0.137. The van der Waals surface area contributed by atoms with Crippen LogP contribution in [0.2, 0.25) is 0 Å². The molecule has 172 valence electrons. The molecule has 2 heterocycles. The normalized spacial score (nSPS) is 14.7. The highest BCUT2D eigenvalue weighted by atomic mass is 19.1. The quantitative estimate of drug-likeness (QED) is 0.562. The third-order valence-electron chi connectivity index (χ3n) is 5.73. The lowest BCUT2D eigenvalue weighted by Crippen LogP contribution is -2.32. The molecule has 2 aliphatic rings. The van der Waals surface area contributed by atoms with Gasteiger partial charge in [-0.25, -0.2) is 4.39 Å². The topological polar surface area (TPSA) is 71.1 Å². The molecule has 1 N–H and O–H groups in total. The fourth-order valence-electron chi connectivity index (χ4n) is 3.93. The highest BCUT2D eigenvalue weighted by molar-refractivity contribution is 6.36. The summed E-state index contributed by atoms with van der Waals surface area (Å²) >= 11 is 0. The standard InChI is InChI=1S/C26H22FN3O4/c1-29(2)20-10-8-19(9-11-20)28-24-23(17-4-6-18(27)7-5-17)25(31)30(26(24)32)14-16-3-12-21-22(13-16)34-15-33-21/h3-13,28H,14-15H2,1-2H3. The van der Waals surface area contributed by atoms with Crippen molar-refractivity contribution in [3.05, 3.63) is 89.4 Å². The van der Waals surface area contributed by atoms with E-state index in [2.05, 4.69) is 5.32 Å². The van der Waals surface area contributed by atoms with Crippen LogP contribution >= 0.6 is 0 Å². The molecule has 2 amide bonds. The van der Waals surface area contributed by atoms with Crippen LogP contribution in [0.4, 0.5) is 15.8 Å². The first-order valence-electron chi connectivity index (χ1n) is 10.7. The number of rotatable bonds is 6. The SMILES string of the molecule is CN(C)c1ccc(NC2=C(c3ccc(F)cc3)C(=O)N(Cc3ccc4c(c3)OCO4)C2=O)cc1. The maximum absolute atomic E-state index is 13.5. The van der Waals surface area contributed by atoms with E-state index in [0.717, 1.165) is 11.3 Å². The number of amides is 2. The minimum absolute atomic E-state index is 0.0593. The summed E-state index contributed by atoms with van der Waals surface area (Å²) in [6, 6.07) is 18.3. The van der Waals surface area contributed by atoms with Crippen LogP contribution < -0.4 is 19.7 Å². The van der Waals surface area contributed by atoms with Crippen LogP contribution in [0, 0.1) is 5.82 Å². The monoisotopic (exact) mass is 459 g/mol. The number of hydrogen-bond acceptors (Lipinski definition) is 6. The molecule has 0 aliphatic carbocycles. The Labute approximate surface area is 196 Å². The van der Waals surface area contributed by atoms with E-state index < -0.39 is 17.6 Å². The van der Waals surface area contributed by atoms with Crippen LogP contribution in [-0.4, -0.2) is 37.6 Å². The zero-order chi connectivity index (χ0) is 23.8. The van der Waals surface area contributed by atoms with Gasteiger partial charge in [0.25, 0.3) is 11.8 Å². The molecule has 7 nitrogen and oxygen atoms in total. The van der Waals surface area contributed by atoms with E-state index in [1.54, 1.807) is 18.2 Å². The Balaban J connectivity index is 1.48. The molecule has 0 bridgehead atoms. The number of nitrogens with one attached hydrogen (secondary N) is 1.